The molecule has 0 fully saturated rings. The number of aromatic nitrogens is 1. The summed E-state index contributed by atoms with van der Waals surface area (Å²) in [6.07, 6.45) is 0.0174. The molecule has 1 heterocycles. The van der Waals surface area contributed by atoms with Crippen LogP contribution in [0.3, 0.4) is 0 Å². The summed E-state index contributed by atoms with van der Waals surface area (Å²) < 4.78 is 10.7. The molecule has 1 atom stereocenters. The Morgan fingerprint density at radius 2 is 1.94 bits per heavy atom. The molecule has 0 amide bonds. The summed E-state index contributed by atoms with van der Waals surface area (Å²) in [5, 5.41) is 8.81. The van der Waals surface area contributed by atoms with Gasteiger partial charge in [0.15, 0.2) is 5.96 Å². The lowest BCUT2D eigenvalue weighted by atomic mass is 10.1. The van der Waals surface area contributed by atoms with Crippen LogP contribution in [0.25, 0.3) is 10.8 Å². The first-order valence-corrected chi connectivity index (χ1v) is 10.9. The van der Waals surface area contributed by atoms with Gasteiger partial charge in [-0.3, -0.25) is 0 Å². The predicted molar refractivity (Wildman–Crippen MR) is 140 cm³/mol. The van der Waals surface area contributed by atoms with Crippen LogP contribution in [0.4, 0.5) is 0 Å². The van der Waals surface area contributed by atoms with E-state index in [0.29, 0.717) is 13.1 Å². The van der Waals surface area contributed by atoms with Gasteiger partial charge in [-0.2, -0.15) is 0 Å². The summed E-state index contributed by atoms with van der Waals surface area (Å²) in [7, 11) is 5.43. The summed E-state index contributed by atoms with van der Waals surface area (Å²) in [5.41, 5.74) is 2.19. The number of nitrogens with zero attached hydrogens (tertiary/aromatic N) is 3. The van der Waals surface area contributed by atoms with Gasteiger partial charge in [0.05, 0.1) is 25.9 Å². The maximum atomic E-state index is 5.36. The highest BCUT2D eigenvalue weighted by Crippen LogP contribution is 2.23. The Bertz CT molecular complexity index is 1010. The van der Waals surface area contributed by atoms with Crippen LogP contribution in [0.15, 0.2) is 46.8 Å². The Morgan fingerprint density at radius 3 is 2.65 bits per heavy atom. The summed E-state index contributed by atoms with van der Waals surface area (Å²) in [5.74, 6) is 1.73. The number of hydrogen-bond donors (Lipinski definition) is 1. The van der Waals surface area contributed by atoms with Crippen molar-refractivity contribution in [2.24, 2.45) is 4.99 Å². The van der Waals surface area contributed by atoms with Gasteiger partial charge < -0.3 is 19.7 Å². The lowest BCUT2D eigenvalue weighted by molar-refractivity contribution is 0.119. The van der Waals surface area contributed by atoms with Crippen molar-refractivity contribution in [3.8, 4) is 5.75 Å². The van der Waals surface area contributed by atoms with Crippen LogP contribution in [-0.4, -0.2) is 43.7 Å². The number of aliphatic imine (C=N–C) groups is 1. The molecule has 0 bridgehead atoms. The monoisotopic (exact) mass is 554 g/mol. The summed E-state index contributed by atoms with van der Waals surface area (Å²) in [4.78, 5) is 11.6. The molecule has 3 aromatic rings. The van der Waals surface area contributed by atoms with Gasteiger partial charge in [0, 0.05) is 26.1 Å². The Morgan fingerprint density at radius 1 is 1.19 bits per heavy atom. The van der Waals surface area contributed by atoms with E-state index in [9.17, 15) is 0 Å². The van der Waals surface area contributed by atoms with E-state index in [1.807, 2.05) is 26.1 Å². The average molecular weight is 554 g/mol. The Balaban J connectivity index is 0.00000341. The Hall–Kier alpha value is -1.91. The molecule has 31 heavy (non-hydrogen) atoms. The first kappa shape index (κ1) is 25.4. The number of rotatable bonds is 8. The lowest BCUT2D eigenvalue weighted by Gasteiger charge is -2.21. The quantitative estimate of drug-likeness (QED) is 0.235. The molecular weight excluding hydrogens is 523 g/mol. The van der Waals surface area contributed by atoms with Crippen LogP contribution in [0, 0.1) is 0 Å². The number of thiazole rings is 1. The van der Waals surface area contributed by atoms with Gasteiger partial charge in [-0.1, -0.05) is 18.2 Å². The number of benzene rings is 2. The zero-order valence-corrected chi connectivity index (χ0v) is 21.9. The largest absolute Gasteiger partial charge is 0.497 e. The molecular formula is C23H31IN4O2S. The minimum Gasteiger partial charge on any atom is -0.497 e. The molecule has 0 saturated carbocycles. The number of halogens is 1. The fourth-order valence-electron chi connectivity index (χ4n) is 3.14. The number of ether oxygens (including phenoxy) is 2. The molecule has 1 aromatic heterocycles. The first-order valence-electron chi connectivity index (χ1n) is 10.1. The van der Waals surface area contributed by atoms with Gasteiger partial charge in [0.25, 0.3) is 0 Å². The summed E-state index contributed by atoms with van der Waals surface area (Å²) >= 11 is 1.63. The normalized spacial score (nSPS) is 12.4. The molecule has 6 nitrogen and oxygen atoms in total. The van der Waals surface area contributed by atoms with Gasteiger partial charge in [-0.15, -0.1) is 35.3 Å². The molecule has 1 unspecified atom stereocenters. The van der Waals surface area contributed by atoms with Gasteiger partial charge in [0.2, 0.25) is 0 Å². The van der Waals surface area contributed by atoms with E-state index in [1.54, 1.807) is 25.6 Å². The second-order valence-corrected chi connectivity index (χ2v) is 8.02. The first-order chi connectivity index (χ1) is 14.5. The van der Waals surface area contributed by atoms with Gasteiger partial charge >= 0.3 is 0 Å². The van der Waals surface area contributed by atoms with E-state index in [1.165, 1.54) is 10.9 Å². The van der Waals surface area contributed by atoms with E-state index in [-0.39, 0.29) is 30.1 Å². The van der Waals surface area contributed by atoms with Crippen LogP contribution < -0.4 is 10.1 Å². The van der Waals surface area contributed by atoms with Crippen LogP contribution in [0.1, 0.15) is 36.2 Å². The molecule has 0 spiro atoms. The van der Waals surface area contributed by atoms with Crippen LogP contribution >= 0.6 is 35.3 Å². The predicted octanol–water partition coefficient (Wildman–Crippen LogP) is 5.23. The number of fused-ring (bicyclic) bond motifs is 1. The highest BCUT2D eigenvalue weighted by atomic mass is 127. The maximum Gasteiger partial charge on any atom is 0.194 e. The fraction of sp³-hybridized carbons (Fsp3) is 0.391. The summed E-state index contributed by atoms with van der Waals surface area (Å²) in [6, 6.07) is 12.5. The van der Waals surface area contributed by atoms with Crippen molar-refractivity contribution in [1.29, 1.82) is 0 Å². The highest BCUT2D eigenvalue weighted by molar-refractivity contribution is 14.0. The molecule has 0 saturated heterocycles. The molecule has 168 valence electrons. The van der Waals surface area contributed by atoms with E-state index < -0.39 is 0 Å². The second kappa shape index (κ2) is 12.2. The summed E-state index contributed by atoms with van der Waals surface area (Å²) in [6.45, 7) is 6.20. The third kappa shape index (κ3) is 6.78. The van der Waals surface area contributed by atoms with Crippen molar-refractivity contribution in [2.45, 2.75) is 33.0 Å². The van der Waals surface area contributed by atoms with Crippen molar-refractivity contribution in [3.05, 3.63) is 58.0 Å². The van der Waals surface area contributed by atoms with Crippen molar-refractivity contribution < 1.29 is 9.47 Å². The van der Waals surface area contributed by atoms with Crippen molar-refractivity contribution >= 4 is 52.0 Å². The molecule has 3 rings (SSSR count). The van der Waals surface area contributed by atoms with Gasteiger partial charge in [-0.05, 0) is 48.4 Å². The minimum atomic E-state index is 0. The van der Waals surface area contributed by atoms with Gasteiger partial charge in [-0.25, -0.2) is 9.98 Å². The molecule has 0 radical (unpaired) electrons. The van der Waals surface area contributed by atoms with Crippen LogP contribution in [0.5, 0.6) is 5.75 Å². The van der Waals surface area contributed by atoms with E-state index >= 15 is 0 Å². The van der Waals surface area contributed by atoms with E-state index in [2.05, 4.69) is 51.8 Å². The Kier molecular flexibility index (Phi) is 9.98. The number of methoxy groups -OCH3 is 2. The standard InChI is InChI=1S/C23H30N4O2S.HI/c1-6-24-23(27(3)14-20-15-30-22(26-20)16(2)28-4)25-13-17-7-8-19-12-21(29-5)10-9-18(19)11-17;/h7-12,15-16H,6,13-14H2,1-5H3,(H,24,25);1H. The maximum absolute atomic E-state index is 5.36. The van der Waals surface area contributed by atoms with Crippen LogP contribution in [-0.2, 0) is 17.8 Å². The van der Waals surface area contributed by atoms with Gasteiger partial charge in [0.1, 0.15) is 16.9 Å². The third-order valence-electron chi connectivity index (χ3n) is 4.89. The zero-order valence-electron chi connectivity index (χ0n) is 18.7. The minimum absolute atomic E-state index is 0. The number of hydrogen-bond acceptors (Lipinski definition) is 5. The zero-order chi connectivity index (χ0) is 21.5. The highest BCUT2D eigenvalue weighted by Gasteiger charge is 2.12. The average Bonchev–Trinajstić information content (AvgIpc) is 3.23. The molecule has 0 aliphatic carbocycles. The number of nitrogens with one attached hydrogen (secondary N) is 1. The second-order valence-electron chi connectivity index (χ2n) is 7.13. The van der Waals surface area contributed by atoms with E-state index in [0.717, 1.165) is 34.3 Å². The Labute approximate surface area is 205 Å². The molecule has 0 aliphatic rings. The molecule has 0 aliphatic heterocycles. The van der Waals surface area contributed by atoms with Crippen LogP contribution in [0.2, 0.25) is 0 Å². The topological polar surface area (TPSA) is 59.0 Å². The smallest absolute Gasteiger partial charge is 0.194 e. The molecule has 1 N–H and O–H groups in total. The number of guanidine groups is 1. The SMILES string of the molecule is CCNC(=NCc1ccc2cc(OC)ccc2c1)N(C)Cc1csc(C(C)OC)n1.I. The third-order valence-corrected chi connectivity index (χ3v) is 5.94. The molecule has 2 aromatic carbocycles. The van der Waals surface area contributed by atoms with Crippen molar-refractivity contribution in [1.82, 2.24) is 15.2 Å². The van der Waals surface area contributed by atoms with Crippen molar-refractivity contribution in [3.63, 3.8) is 0 Å². The lowest BCUT2D eigenvalue weighted by Crippen LogP contribution is -2.38. The van der Waals surface area contributed by atoms with E-state index in [4.69, 9.17) is 14.5 Å². The fourth-order valence-corrected chi connectivity index (χ4v) is 3.98. The molecule has 8 heteroatoms. The van der Waals surface area contributed by atoms with Crippen molar-refractivity contribution in [2.75, 3.05) is 27.8 Å².